The van der Waals surface area contributed by atoms with E-state index in [-0.39, 0.29) is 6.04 Å². The first-order valence-corrected chi connectivity index (χ1v) is 9.01. The average molecular weight is 292 g/mol. The summed E-state index contributed by atoms with van der Waals surface area (Å²) in [6.07, 6.45) is 8.18. The molecule has 3 rings (SSSR count). The minimum Gasteiger partial charge on any atom is -0.325 e. The molecule has 3 aliphatic rings. The van der Waals surface area contributed by atoms with Gasteiger partial charge in [0.05, 0.1) is 12.2 Å². The first-order valence-electron chi connectivity index (χ1n) is 9.01. The molecule has 2 unspecified atom stereocenters. The van der Waals surface area contributed by atoms with E-state index in [0.29, 0.717) is 35.2 Å². The molecule has 0 aromatic rings. The highest BCUT2D eigenvalue weighted by Crippen LogP contribution is 2.53. The van der Waals surface area contributed by atoms with Crippen molar-refractivity contribution in [1.82, 2.24) is 10.2 Å². The van der Waals surface area contributed by atoms with Crippen molar-refractivity contribution in [3.05, 3.63) is 0 Å². The summed E-state index contributed by atoms with van der Waals surface area (Å²) in [6.45, 7) is 9.97. The van der Waals surface area contributed by atoms with E-state index in [9.17, 15) is 4.79 Å². The van der Waals surface area contributed by atoms with Crippen LogP contribution < -0.4 is 5.32 Å². The smallest absolute Gasteiger partial charge is 0.241 e. The summed E-state index contributed by atoms with van der Waals surface area (Å²) < 4.78 is 0. The number of amides is 1. The van der Waals surface area contributed by atoms with Crippen molar-refractivity contribution in [1.29, 1.82) is 0 Å². The summed E-state index contributed by atoms with van der Waals surface area (Å²) in [5.41, 5.74) is 0.417. The van der Waals surface area contributed by atoms with Crippen LogP contribution in [0.4, 0.5) is 0 Å². The first kappa shape index (κ1) is 15.3. The minimum absolute atomic E-state index is 0.0403. The third kappa shape index (κ3) is 2.74. The van der Waals surface area contributed by atoms with E-state index >= 15 is 0 Å². The topological polar surface area (TPSA) is 32.3 Å². The second-order valence-corrected chi connectivity index (χ2v) is 8.36. The zero-order chi connectivity index (χ0) is 15.2. The minimum atomic E-state index is 0.0403. The highest BCUT2D eigenvalue weighted by molar-refractivity contribution is 5.84. The van der Waals surface area contributed by atoms with E-state index in [1.165, 1.54) is 38.5 Å². The number of nitrogens with zero attached hydrogens (tertiary/aromatic N) is 1. The van der Waals surface area contributed by atoms with Gasteiger partial charge >= 0.3 is 0 Å². The molecule has 3 fully saturated rings. The molecule has 2 saturated carbocycles. The van der Waals surface area contributed by atoms with Gasteiger partial charge in [-0.2, -0.15) is 0 Å². The van der Waals surface area contributed by atoms with Crippen molar-refractivity contribution in [2.75, 3.05) is 6.54 Å². The molecule has 2 atom stereocenters. The normalized spacial score (nSPS) is 32.7. The van der Waals surface area contributed by atoms with Crippen LogP contribution in [0.2, 0.25) is 0 Å². The van der Waals surface area contributed by atoms with Crippen molar-refractivity contribution in [2.24, 2.45) is 23.2 Å². The van der Waals surface area contributed by atoms with Crippen LogP contribution in [-0.4, -0.2) is 29.6 Å². The number of hydrogen-bond acceptors (Lipinski definition) is 2. The third-order valence-electron chi connectivity index (χ3n) is 6.35. The Morgan fingerprint density at radius 3 is 2.29 bits per heavy atom. The van der Waals surface area contributed by atoms with Gasteiger partial charge in [-0.15, -0.1) is 0 Å². The van der Waals surface area contributed by atoms with Gasteiger partial charge in [-0.05, 0) is 48.9 Å². The average Bonchev–Trinajstić information content (AvgIpc) is 2.88. The molecule has 1 saturated heterocycles. The predicted molar refractivity (Wildman–Crippen MR) is 85.7 cm³/mol. The van der Waals surface area contributed by atoms with Crippen LogP contribution in [0.3, 0.4) is 0 Å². The van der Waals surface area contributed by atoms with Crippen molar-refractivity contribution in [3.8, 4) is 0 Å². The molecule has 3 nitrogen and oxygen atoms in total. The molecule has 21 heavy (non-hydrogen) atoms. The monoisotopic (exact) mass is 292 g/mol. The molecular formula is C18H32N2O. The molecule has 0 spiro atoms. The predicted octanol–water partition coefficient (Wildman–Crippen LogP) is 3.40. The fourth-order valence-corrected chi connectivity index (χ4v) is 4.40. The lowest BCUT2D eigenvalue weighted by Gasteiger charge is -2.33. The molecule has 0 bridgehead atoms. The molecule has 0 aromatic carbocycles. The van der Waals surface area contributed by atoms with E-state index < -0.39 is 0 Å². The Hall–Kier alpha value is -0.570. The van der Waals surface area contributed by atoms with Crippen LogP contribution in [-0.2, 0) is 4.79 Å². The maximum absolute atomic E-state index is 12.9. The Morgan fingerprint density at radius 1 is 1.19 bits per heavy atom. The van der Waals surface area contributed by atoms with Crippen LogP contribution in [0.25, 0.3) is 0 Å². The fourth-order valence-electron chi connectivity index (χ4n) is 4.40. The standard InChI is InChI=1S/C18H32N2O/c1-12(2)15-17(21)20(11-18(9-10-18)13(3)4)16(19-15)14-7-5-6-8-14/h12-16,19H,5-11H2,1-4H3. The molecule has 2 aliphatic carbocycles. The number of nitrogens with one attached hydrogen (secondary N) is 1. The highest BCUT2D eigenvalue weighted by Gasteiger charge is 2.52. The van der Waals surface area contributed by atoms with Gasteiger partial charge in [0.2, 0.25) is 5.91 Å². The second kappa shape index (κ2) is 5.57. The Labute approximate surface area is 129 Å². The molecule has 3 heteroatoms. The Balaban J connectivity index is 1.77. The first-order chi connectivity index (χ1) is 9.94. The molecular weight excluding hydrogens is 260 g/mol. The van der Waals surface area contributed by atoms with Gasteiger partial charge < -0.3 is 4.90 Å². The van der Waals surface area contributed by atoms with E-state index in [1.807, 2.05) is 0 Å². The maximum atomic E-state index is 12.9. The van der Waals surface area contributed by atoms with Crippen molar-refractivity contribution < 1.29 is 4.79 Å². The van der Waals surface area contributed by atoms with Gasteiger partial charge in [0.15, 0.2) is 0 Å². The summed E-state index contributed by atoms with van der Waals surface area (Å²) >= 11 is 0. The SMILES string of the molecule is CC(C)C1NC(C2CCCC2)N(CC2(C(C)C)CC2)C1=O. The second-order valence-electron chi connectivity index (χ2n) is 8.36. The maximum Gasteiger partial charge on any atom is 0.241 e. The van der Waals surface area contributed by atoms with Crippen molar-refractivity contribution in [3.63, 3.8) is 0 Å². The van der Waals surface area contributed by atoms with Crippen LogP contribution in [0.1, 0.15) is 66.2 Å². The van der Waals surface area contributed by atoms with Crippen LogP contribution in [0, 0.1) is 23.2 Å². The summed E-state index contributed by atoms with van der Waals surface area (Å²) in [5.74, 6) is 2.13. The molecule has 1 aliphatic heterocycles. The van der Waals surface area contributed by atoms with Crippen LogP contribution >= 0.6 is 0 Å². The van der Waals surface area contributed by atoms with E-state index in [0.717, 1.165) is 6.54 Å². The van der Waals surface area contributed by atoms with Gasteiger partial charge in [0, 0.05) is 6.54 Å². The highest BCUT2D eigenvalue weighted by atomic mass is 16.2. The zero-order valence-corrected chi connectivity index (χ0v) is 14.2. The zero-order valence-electron chi connectivity index (χ0n) is 14.2. The Bertz CT molecular complexity index is 394. The molecule has 1 N–H and O–H groups in total. The quantitative estimate of drug-likeness (QED) is 0.842. The van der Waals surface area contributed by atoms with Gasteiger partial charge in [-0.3, -0.25) is 10.1 Å². The molecule has 0 aromatic heterocycles. The molecule has 120 valence electrons. The van der Waals surface area contributed by atoms with Gasteiger partial charge in [-0.1, -0.05) is 40.5 Å². The number of carbonyl (C=O) groups is 1. The lowest BCUT2D eigenvalue weighted by atomic mass is 9.91. The van der Waals surface area contributed by atoms with Crippen molar-refractivity contribution in [2.45, 2.75) is 78.4 Å². The number of rotatable bonds is 5. The number of hydrogen-bond donors (Lipinski definition) is 1. The lowest BCUT2D eigenvalue weighted by Crippen LogP contribution is -2.45. The molecule has 1 heterocycles. The lowest BCUT2D eigenvalue weighted by molar-refractivity contribution is -0.132. The van der Waals surface area contributed by atoms with E-state index in [2.05, 4.69) is 37.9 Å². The summed E-state index contributed by atoms with van der Waals surface area (Å²) in [6, 6.07) is 0.0403. The van der Waals surface area contributed by atoms with Crippen molar-refractivity contribution >= 4 is 5.91 Å². The summed E-state index contributed by atoms with van der Waals surface area (Å²) in [4.78, 5) is 15.1. The third-order valence-corrected chi connectivity index (χ3v) is 6.35. The molecule has 0 radical (unpaired) electrons. The summed E-state index contributed by atoms with van der Waals surface area (Å²) in [7, 11) is 0. The summed E-state index contributed by atoms with van der Waals surface area (Å²) in [5, 5.41) is 3.70. The molecule has 1 amide bonds. The van der Waals surface area contributed by atoms with Crippen LogP contribution in [0.5, 0.6) is 0 Å². The van der Waals surface area contributed by atoms with E-state index in [1.54, 1.807) is 0 Å². The Kier molecular flexibility index (Phi) is 4.06. The van der Waals surface area contributed by atoms with Gasteiger partial charge in [-0.25, -0.2) is 0 Å². The number of carbonyl (C=O) groups excluding carboxylic acids is 1. The van der Waals surface area contributed by atoms with E-state index in [4.69, 9.17) is 0 Å². The fraction of sp³-hybridized carbons (Fsp3) is 0.944. The van der Waals surface area contributed by atoms with Gasteiger partial charge in [0.1, 0.15) is 0 Å². The largest absolute Gasteiger partial charge is 0.325 e. The Morgan fingerprint density at radius 2 is 1.81 bits per heavy atom. The van der Waals surface area contributed by atoms with Gasteiger partial charge in [0.25, 0.3) is 0 Å². The van der Waals surface area contributed by atoms with Crippen LogP contribution in [0.15, 0.2) is 0 Å².